The zero-order valence-corrected chi connectivity index (χ0v) is 7.82. The summed E-state index contributed by atoms with van der Waals surface area (Å²) in [4.78, 5) is 14.0. The van der Waals surface area contributed by atoms with E-state index in [2.05, 4.69) is 27.8 Å². The van der Waals surface area contributed by atoms with E-state index >= 15 is 0 Å². The maximum absolute atomic E-state index is 11.4. The van der Waals surface area contributed by atoms with Gasteiger partial charge in [0.1, 0.15) is 6.33 Å². The molecule has 0 saturated carbocycles. The Morgan fingerprint density at radius 1 is 1.69 bits per heavy atom. The first kappa shape index (κ1) is 8.31. The molecule has 2 aromatic heterocycles. The summed E-state index contributed by atoms with van der Waals surface area (Å²) in [5, 5.41) is 7.28. The third-order valence-electron chi connectivity index (χ3n) is 1.76. The maximum Gasteiger partial charge on any atom is 0.293 e. The van der Waals surface area contributed by atoms with E-state index in [0.29, 0.717) is 5.65 Å². The fourth-order valence-electron chi connectivity index (χ4n) is 1.08. The van der Waals surface area contributed by atoms with Crippen molar-refractivity contribution in [1.29, 1.82) is 0 Å². The number of thiol groups is 1. The molecule has 1 unspecified atom stereocenters. The number of fused-ring (bicyclic) bond motifs is 1. The summed E-state index contributed by atoms with van der Waals surface area (Å²) < 4.78 is 1.58. The van der Waals surface area contributed by atoms with Gasteiger partial charge in [-0.1, -0.05) is 0 Å². The molecule has 2 heterocycles. The maximum atomic E-state index is 11.4. The van der Waals surface area contributed by atoms with Gasteiger partial charge in [-0.15, -0.1) is 10.2 Å². The van der Waals surface area contributed by atoms with Crippen LogP contribution >= 0.6 is 12.6 Å². The average molecular weight is 196 g/mol. The lowest BCUT2D eigenvalue weighted by Crippen LogP contribution is -2.13. The Bertz CT molecular complexity index is 486. The number of H-pyrrole nitrogens is 1. The Balaban J connectivity index is 2.77. The molecular formula is C7H8N4OS. The van der Waals surface area contributed by atoms with Crippen molar-refractivity contribution in [1.82, 2.24) is 19.6 Å². The Labute approximate surface area is 79.2 Å². The van der Waals surface area contributed by atoms with Crippen molar-refractivity contribution in [3.8, 4) is 0 Å². The Kier molecular flexibility index (Phi) is 1.84. The molecule has 5 nitrogen and oxygen atoms in total. The highest BCUT2D eigenvalue weighted by molar-refractivity contribution is 7.80. The van der Waals surface area contributed by atoms with E-state index < -0.39 is 0 Å². The van der Waals surface area contributed by atoms with Gasteiger partial charge in [0.05, 0.1) is 0 Å². The summed E-state index contributed by atoms with van der Waals surface area (Å²) in [6.07, 6.45) is 3.25. The van der Waals surface area contributed by atoms with Crippen molar-refractivity contribution < 1.29 is 0 Å². The highest BCUT2D eigenvalue weighted by Gasteiger charge is 2.05. The molecule has 2 rings (SSSR count). The van der Waals surface area contributed by atoms with E-state index in [1.54, 1.807) is 10.6 Å². The molecule has 13 heavy (non-hydrogen) atoms. The number of rotatable bonds is 1. The topological polar surface area (TPSA) is 63.1 Å². The summed E-state index contributed by atoms with van der Waals surface area (Å²) in [6, 6.07) is 0. The Morgan fingerprint density at radius 3 is 3.15 bits per heavy atom. The highest BCUT2D eigenvalue weighted by atomic mass is 32.1. The molecule has 0 aliphatic carbocycles. The van der Waals surface area contributed by atoms with Crippen molar-refractivity contribution in [2.75, 3.05) is 0 Å². The predicted molar refractivity (Wildman–Crippen MR) is 51.0 cm³/mol. The number of nitrogens with one attached hydrogen (secondary N) is 1. The Morgan fingerprint density at radius 2 is 2.46 bits per heavy atom. The molecule has 0 amide bonds. The van der Waals surface area contributed by atoms with Crippen LogP contribution in [0, 0.1) is 0 Å². The van der Waals surface area contributed by atoms with Gasteiger partial charge in [0.15, 0.2) is 0 Å². The van der Waals surface area contributed by atoms with Gasteiger partial charge in [0.25, 0.3) is 5.56 Å². The predicted octanol–water partition coefficient (Wildman–Crippen LogP) is 0.408. The Hall–Kier alpha value is -1.30. The second-order valence-electron chi connectivity index (χ2n) is 2.78. The van der Waals surface area contributed by atoms with Crippen LogP contribution in [0.25, 0.3) is 5.65 Å². The first-order chi connectivity index (χ1) is 6.18. The normalized spacial score (nSPS) is 13.4. The van der Waals surface area contributed by atoms with Gasteiger partial charge in [-0.3, -0.25) is 9.20 Å². The van der Waals surface area contributed by atoms with Crippen molar-refractivity contribution in [3.63, 3.8) is 0 Å². The molecule has 0 fully saturated rings. The minimum atomic E-state index is -0.240. The van der Waals surface area contributed by atoms with Crippen molar-refractivity contribution in [2.24, 2.45) is 0 Å². The number of aromatic amines is 1. The third-order valence-corrected chi connectivity index (χ3v) is 2.04. The molecule has 0 aliphatic heterocycles. The van der Waals surface area contributed by atoms with E-state index in [-0.39, 0.29) is 10.8 Å². The third kappa shape index (κ3) is 1.33. The molecular weight excluding hydrogens is 188 g/mol. The van der Waals surface area contributed by atoms with Gasteiger partial charge in [-0.05, 0) is 6.92 Å². The van der Waals surface area contributed by atoms with Crippen LogP contribution < -0.4 is 5.56 Å². The number of hydrogen-bond donors (Lipinski definition) is 2. The van der Waals surface area contributed by atoms with Gasteiger partial charge < -0.3 is 4.98 Å². The molecule has 2 aromatic rings. The van der Waals surface area contributed by atoms with Crippen LogP contribution in [0.4, 0.5) is 0 Å². The van der Waals surface area contributed by atoms with Crippen LogP contribution in [-0.2, 0) is 0 Å². The smallest absolute Gasteiger partial charge is 0.293 e. The largest absolute Gasteiger partial charge is 0.320 e. The minimum Gasteiger partial charge on any atom is -0.320 e. The molecule has 0 spiro atoms. The molecule has 0 aliphatic rings. The lowest BCUT2D eigenvalue weighted by Gasteiger charge is -2.03. The van der Waals surface area contributed by atoms with Gasteiger partial charge in [-0.25, -0.2) is 0 Å². The SMILES string of the molecule is CC(S)c1cn2cnnc2c(=O)[nH]1. The van der Waals surface area contributed by atoms with E-state index in [9.17, 15) is 4.79 Å². The van der Waals surface area contributed by atoms with Gasteiger partial charge in [0, 0.05) is 17.1 Å². The summed E-state index contributed by atoms with van der Waals surface area (Å²) >= 11 is 4.22. The molecule has 6 heteroatoms. The molecule has 1 N–H and O–H groups in total. The summed E-state index contributed by atoms with van der Waals surface area (Å²) in [6.45, 7) is 1.88. The van der Waals surface area contributed by atoms with E-state index in [1.807, 2.05) is 6.92 Å². The quantitative estimate of drug-likeness (QED) is 0.649. The number of nitrogens with zero attached hydrogens (tertiary/aromatic N) is 3. The highest BCUT2D eigenvalue weighted by Crippen LogP contribution is 2.14. The van der Waals surface area contributed by atoms with Crippen LogP contribution in [0.3, 0.4) is 0 Å². The number of hydrogen-bond acceptors (Lipinski definition) is 4. The monoisotopic (exact) mass is 196 g/mol. The lowest BCUT2D eigenvalue weighted by atomic mass is 10.3. The average Bonchev–Trinajstić information content (AvgIpc) is 2.51. The van der Waals surface area contributed by atoms with Crippen molar-refractivity contribution in [2.45, 2.75) is 12.2 Å². The van der Waals surface area contributed by atoms with Gasteiger partial charge >= 0.3 is 0 Å². The van der Waals surface area contributed by atoms with Crippen molar-refractivity contribution in [3.05, 3.63) is 28.6 Å². The van der Waals surface area contributed by atoms with Gasteiger partial charge in [0.2, 0.25) is 5.65 Å². The van der Waals surface area contributed by atoms with E-state index in [1.165, 1.54) is 6.33 Å². The molecule has 0 radical (unpaired) electrons. The summed E-state index contributed by atoms with van der Waals surface area (Å²) in [5.41, 5.74) is 0.814. The zero-order chi connectivity index (χ0) is 9.42. The zero-order valence-electron chi connectivity index (χ0n) is 6.93. The van der Waals surface area contributed by atoms with Crippen LogP contribution in [-0.4, -0.2) is 19.6 Å². The van der Waals surface area contributed by atoms with Crippen molar-refractivity contribution >= 4 is 18.3 Å². The lowest BCUT2D eigenvalue weighted by molar-refractivity contribution is 0.946. The summed E-state index contributed by atoms with van der Waals surface area (Å²) in [7, 11) is 0. The first-order valence-corrected chi connectivity index (χ1v) is 4.31. The fourth-order valence-corrected chi connectivity index (χ4v) is 1.21. The fraction of sp³-hybridized carbons (Fsp3) is 0.286. The molecule has 0 aromatic carbocycles. The molecule has 1 atom stereocenters. The van der Waals surface area contributed by atoms with Crippen LogP contribution in [0.1, 0.15) is 17.9 Å². The number of aromatic nitrogens is 4. The van der Waals surface area contributed by atoms with Crippen LogP contribution in [0.2, 0.25) is 0 Å². The second-order valence-corrected chi connectivity index (χ2v) is 3.55. The standard InChI is InChI=1S/C7H8N4OS/c1-4(13)5-2-11-3-8-10-6(11)7(12)9-5/h2-4,13H,1H3,(H,9,12). The molecule has 68 valence electrons. The minimum absolute atomic E-state index is 0.0144. The van der Waals surface area contributed by atoms with E-state index in [4.69, 9.17) is 0 Å². The van der Waals surface area contributed by atoms with Crippen LogP contribution in [0.15, 0.2) is 17.3 Å². The molecule has 0 saturated heterocycles. The molecule has 0 bridgehead atoms. The van der Waals surface area contributed by atoms with Gasteiger partial charge in [-0.2, -0.15) is 12.6 Å². The first-order valence-electron chi connectivity index (χ1n) is 3.79. The van der Waals surface area contributed by atoms with Crippen LogP contribution in [0.5, 0.6) is 0 Å². The second kappa shape index (κ2) is 2.88. The summed E-state index contributed by atoms with van der Waals surface area (Å²) in [5.74, 6) is 0. The van der Waals surface area contributed by atoms with E-state index in [0.717, 1.165) is 5.69 Å².